The van der Waals surface area contributed by atoms with Crippen molar-refractivity contribution in [1.82, 2.24) is 4.90 Å². The zero-order valence-electron chi connectivity index (χ0n) is 14.1. The number of imide groups is 1. The summed E-state index contributed by atoms with van der Waals surface area (Å²) in [5, 5.41) is 9.54. The molecule has 0 radical (unpaired) electrons. The molecule has 0 aliphatic heterocycles. The van der Waals surface area contributed by atoms with Gasteiger partial charge in [-0.3, -0.25) is 14.5 Å². The van der Waals surface area contributed by atoms with Crippen molar-refractivity contribution in [3.8, 4) is 0 Å². The zero-order valence-corrected chi connectivity index (χ0v) is 15.0. The minimum atomic E-state index is -1.23. The summed E-state index contributed by atoms with van der Waals surface area (Å²) in [6.45, 7) is 3.51. The second-order valence-corrected chi connectivity index (χ2v) is 6.77. The van der Waals surface area contributed by atoms with Crippen LogP contribution in [0.5, 0.6) is 0 Å². The van der Waals surface area contributed by atoms with Crippen LogP contribution in [0.4, 0.5) is 0 Å². The van der Waals surface area contributed by atoms with Crippen LogP contribution < -0.4 is 5.73 Å². The first-order valence-electron chi connectivity index (χ1n) is 7.71. The SMILES string of the molecule is CSCCC(C(=O)O)N(C(=O)c1ccccc1)C(=O)C(N)C(C)C. The topological polar surface area (TPSA) is 101 Å². The van der Waals surface area contributed by atoms with E-state index in [0.717, 1.165) is 4.90 Å². The van der Waals surface area contributed by atoms with Crippen LogP contribution in [-0.4, -0.2) is 51.9 Å². The van der Waals surface area contributed by atoms with Gasteiger partial charge in [0.05, 0.1) is 6.04 Å². The third-order valence-corrected chi connectivity index (χ3v) is 4.32. The van der Waals surface area contributed by atoms with Crippen molar-refractivity contribution in [2.45, 2.75) is 32.4 Å². The van der Waals surface area contributed by atoms with Crippen LogP contribution in [-0.2, 0) is 9.59 Å². The maximum absolute atomic E-state index is 12.8. The molecule has 2 amide bonds. The number of nitrogens with two attached hydrogens (primary N) is 1. The average molecular weight is 352 g/mol. The molecule has 0 aliphatic rings. The molecule has 1 rings (SSSR count). The third-order valence-electron chi connectivity index (χ3n) is 3.67. The molecule has 0 fully saturated rings. The molecule has 132 valence electrons. The van der Waals surface area contributed by atoms with Gasteiger partial charge >= 0.3 is 5.97 Å². The predicted molar refractivity (Wildman–Crippen MR) is 94.9 cm³/mol. The fraction of sp³-hybridized carbons (Fsp3) is 0.471. The number of nitrogens with zero attached hydrogens (tertiary/aromatic N) is 1. The summed E-state index contributed by atoms with van der Waals surface area (Å²) in [7, 11) is 0. The number of hydrogen-bond acceptors (Lipinski definition) is 5. The first-order valence-corrected chi connectivity index (χ1v) is 9.10. The molecule has 3 N–H and O–H groups in total. The van der Waals surface area contributed by atoms with E-state index in [2.05, 4.69) is 0 Å². The number of benzene rings is 1. The van der Waals surface area contributed by atoms with E-state index >= 15 is 0 Å². The fourth-order valence-corrected chi connectivity index (χ4v) is 2.61. The van der Waals surface area contributed by atoms with Crippen LogP contribution in [0, 0.1) is 5.92 Å². The molecule has 0 aliphatic carbocycles. The van der Waals surface area contributed by atoms with Crippen molar-refractivity contribution in [2.24, 2.45) is 11.7 Å². The lowest BCUT2D eigenvalue weighted by Gasteiger charge is -2.30. The number of carboxylic acid groups (broad SMARTS) is 1. The van der Waals surface area contributed by atoms with Gasteiger partial charge in [0.1, 0.15) is 6.04 Å². The standard InChI is InChI=1S/C17H24N2O4S/c1-11(2)14(18)16(21)19(13(17(22)23)9-10-24-3)15(20)12-7-5-4-6-8-12/h4-8,11,13-14H,9-10,18H2,1-3H3,(H,22,23). The second-order valence-electron chi connectivity index (χ2n) is 5.78. The van der Waals surface area contributed by atoms with Gasteiger partial charge in [-0.05, 0) is 36.5 Å². The minimum absolute atomic E-state index is 0.172. The third kappa shape index (κ3) is 5.07. The summed E-state index contributed by atoms with van der Waals surface area (Å²) in [4.78, 5) is 38.0. The predicted octanol–water partition coefficient (Wildman–Crippen LogP) is 1.84. The van der Waals surface area contributed by atoms with Crippen LogP contribution in [0.25, 0.3) is 0 Å². The van der Waals surface area contributed by atoms with Gasteiger partial charge < -0.3 is 10.8 Å². The summed E-state index contributed by atoms with van der Waals surface area (Å²) in [5.41, 5.74) is 6.16. The van der Waals surface area contributed by atoms with Crippen molar-refractivity contribution in [1.29, 1.82) is 0 Å². The summed E-state index contributed by atoms with van der Waals surface area (Å²) in [5.74, 6) is -2.20. The van der Waals surface area contributed by atoms with Gasteiger partial charge in [0.15, 0.2) is 0 Å². The van der Waals surface area contributed by atoms with Crippen molar-refractivity contribution in [2.75, 3.05) is 12.0 Å². The Kier molecular flexibility index (Phi) is 7.94. The van der Waals surface area contributed by atoms with Gasteiger partial charge in [-0.25, -0.2) is 4.79 Å². The smallest absolute Gasteiger partial charge is 0.326 e. The second kappa shape index (κ2) is 9.44. The quantitative estimate of drug-likeness (QED) is 0.740. The molecule has 0 bridgehead atoms. The molecule has 1 aromatic carbocycles. The molecule has 0 saturated heterocycles. The van der Waals surface area contributed by atoms with Gasteiger partial charge in [-0.15, -0.1) is 0 Å². The Hall–Kier alpha value is -1.86. The highest BCUT2D eigenvalue weighted by atomic mass is 32.2. The van der Waals surface area contributed by atoms with E-state index < -0.39 is 29.9 Å². The molecule has 0 heterocycles. The van der Waals surface area contributed by atoms with E-state index in [-0.39, 0.29) is 17.9 Å². The Balaban J connectivity index is 3.26. The minimum Gasteiger partial charge on any atom is -0.480 e. The lowest BCUT2D eigenvalue weighted by Crippen LogP contribution is -2.55. The summed E-state index contributed by atoms with van der Waals surface area (Å²) < 4.78 is 0. The highest BCUT2D eigenvalue weighted by Gasteiger charge is 2.37. The monoisotopic (exact) mass is 352 g/mol. The van der Waals surface area contributed by atoms with Crippen LogP contribution in [0.2, 0.25) is 0 Å². The molecule has 0 saturated carbocycles. The fourth-order valence-electron chi connectivity index (χ4n) is 2.15. The molecule has 6 nitrogen and oxygen atoms in total. The number of carbonyl (C=O) groups excluding carboxylic acids is 2. The van der Waals surface area contributed by atoms with Crippen molar-refractivity contribution in [3.05, 3.63) is 35.9 Å². The van der Waals surface area contributed by atoms with Gasteiger partial charge in [0.25, 0.3) is 5.91 Å². The Morgan fingerprint density at radius 3 is 2.25 bits per heavy atom. The maximum atomic E-state index is 12.8. The lowest BCUT2D eigenvalue weighted by atomic mass is 10.0. The molecule has 2 atom stereocenters. The van der Waals surface area contributed by atoms with Gasteiger partial charge in [0, 0.05) is 5.56 Å². The molecule has 24 heavy (non-hydrogen) atoms. The number of carbonyl (C=O) groups is 3. The first kappa shape index (κ1) is 20.2. The molecular weight excluding hydrogens is 328 g/mol. The summed E-state index contributed by atoms with van der Waals surface area (Å²) in [6, 6.07) is 6.00. The summed E-state index contributed by atoms with van der Waals surface area (Å²) >= 11 is 1.45. The molecule has 0 aromatic heterocycles. The Morgan fingerprint density at radius 1 is 1.21 bits per heavy atom. The molecule has 0 spiro atoms. The van der Waals surface area contributed by atoms with Crippen LogP contribution >= 0.6 is 11.8 Å². The van der Waals surface area contributed by atoms with Crippen molar-refractivity contribution in [3.63, 3.8) is 0 Å². The van der Waals surface area contributed by atoms with Crippen molar-refractivity contribution < 1.29 is 19.5 Å². The molecule has 2 unspecified atom stereocenters. The normalized spacial score (nSPS) is 13.4. The number of rotatable bonds is 8. The van der Waals surface area contributed by atoms with E-state index in [1.165, 1.54) is 11.8 Å². The highest BCUT2D eigenvalue weighted by Crippen LogP contribution is 2.17. The first-order chi connectivity index (χ1) is 11.3. The maximum Gasteiger partial charge on any atom is 0.326 e. The Labute approximate surface area is 146 Å². The zero-order chi connectivity index (χ0) is 18.3. The highest BCUT2D eigenvalue weighted by molar-refractivity contribution is 7.98. The lowest BCUT2D eigenvalue weighted by molar-refractivity contribution is -0.148. The number of amides is 2. The van der Waals surface area contributed by atoms with E-state index in [9.17, 15) is 19.5 Å². The van der Waals surface area contributed by atoms with E-state index in [1.54, 1.807) is 44.2 Å². The van der Waals surface area contributed by atoms with Crippen LogP contribution in [0.15, 0.2) is 30.3 Å². The Morgan fingerprint density at radius 2 is 1.79 bits per heavy atom. The van der Waals surface area contributed by atoms with Crippen LogP contribution in [0.1, 0.15) is 30.6 Å². The van der Waals surface area contributed by atoms with Gasteiger partial charge in [0.2, 0.25) is 5.91 Å². The molecule has 1 aromatic rings. The van der Waals surface area contributed by atoms with Gasteiger partial charge in [-0.2, -0.15) is 11.8 Å². The summed E-state index contributed by atoms with van der Waals surface area (Å²) in [6.07, 6.45) is 2.01. The van der Waals surface area contributed by atoms with Crippen LogP contribution in [0.3, 0.4) is 0 Å². The van der Waals surface area contributed by atoms with E-state index in [0.29, 0.717) is 5.75 Å². The van der Waals surface area contributed by atoms with E-state index in [4.69, 9.17) is 5.73 Å². The number of carboxylic acids is 1. The largest absolute Gasteiger partial charge is 0.480 e. The average Bonchev–Trinajstić information content (AvgIpc) is 2.57. The molecular formula is C17H24N2O4S. The van der Waals surface area contributed by atoms with Gasteiger partial charge in [-0.1, -0.05) is 32.0 Å². The Bertz CT molecular complexity index is 577. The van der Waals surface area contributed by atoms with Crippen molar-refractivity contribution >= 4 is 29.5 Å². The number of aliphatic carboxylic acids is 1. The molecule has 7 heteroatoms. The van der Waals surface area contributed by atoms with E-state index in [1.807, 2.05) is 6.26 Å². The number of thioether (sulfide) groups is 1. The number of hydrogen-bond donors (Lipinski definition) is 2.